The third kappa shape index (κ3) is 3.49. The normalized spacial score (nSPS) is 10.1. The fraction of sp³-hybridized carbons (Fsp3) is 0.176. The average molecular weight is 302 g/mol. The van der Waals surface area contributed by atoms with E-state index in [0.29, 0.717) is 16.9 Å². The molecule has 0 aliphatic rings. The van der Waals surface area contributed by atoms with Gasteiger partial charge in [-0.15, -0.1) is 0 Å². The number of benzene rings is 2. The summed E-state index contributed by atoms with van der Waals surface area (Å²) >= 11 is 0. The van der Waals surface area contributed by atoms with Crippen molar-refractivity contribution in [2.45, 2.75) is 6.42 Å². The van der Waals surface area contributed by atoms with Gasteiger partial charge < -0.3 is 9.47 Å². The van der Waals surface area contributed by atoms with Crippen LogP contribution in [0, 0.1) is 5.82 Å². The van der Waals surface area contributed by atoms with E-state index in [2.05, 4.69) is 0 Å². The summed E-state index contributed by atoms with van der Waals surface area (Å²) in [6, 6.07) is 10.2. The van der Waals surface area contributed by atoms with Crippen molar-refractivity contribution in [1.29, 1.82) is 0 Å². The Kier molecular flexibility index (Phi) is 4.88. The highest BCUT2D eigenvalue weighted by molar-refractivity contribution is 5.98. The van der Waals surface area contributed by atoms with E-state index in [1.54, 1.807) is 18.2 Å². The van der Waals surface area contributed by atoms with Gasteiger partial charge in [-0.1, -0.05) is 6.07 Å². The summed E-state index contributed by atoms with van der Waals surface area (Å²) in [6.07, 6.45) is 0.0968. The molecule has 0 unspecified atom stereocenters. The fourth-order valence-corrected chi connectivity index (χ4v) is 2.06. The molecule has 4 nitrogen and oxygen atoms in total. The van der Waals surface area contributed by atoms with E-state index in [-0.39, 0.29) is 17.8 Å². The van der Waals surface area contributed by atoms with E-state index in [1.165, 1.54) is 38.5 Å². The first-order chi connectivity index (χ1) is 10.5. The molecule has 2 rings (SSSR count). The third-order valence-electron chi connectivity index (χ3n) is 3.20. The maximum atomic E-state index is 12.9. The monoisotopic (exact) mass is 302 g/mol. The Bertz CT molecular complexity index is 692. The Morgan fingerprint density at radius 1 is 1.05 bits per heavy atom. The number of ether oxygens (including phenoxy) is 2. The standard InChI is InChI=1S/C17H15FO4/c1-21-16-8-3-11(9-14(16)17(20)22-2)10-15(19)12-4-6-13(18)7-5-12/h3-9H,10H2,1-2H3. The first kappa shape index (κ1) is 15.7. The number of esters is 1. The highest BCUT2D eigenvalue weighted by Gasteiger charge is 2.15. The van der Waals surface area contributed by atoms with Crippen LogP contribution in [0.2, 0.25) is 0 Å². The predicted octanol–water partition coefficient (Wildman–Crippen LogP) is 3.05. The van der Waals surface area contributed by atoms with Crippen molar-refractivity contribution in [3.63, 3.8) is 0 Å². The first-order valence-corrected chi connectivity index (χ1v) is 6.59. The zero-order valence-corrected chi connectivity index (χ0v) is 12.3. The molecule has 0 radical (unpaired) electrons. The van der Waals surface area contributed by atoms with E-state index in [0.717, 1.165) is 0 Å². The maximum absolute atomic E-state index is 12.9. The van der Waals surface area contributed by atoms with Crippen molar-refractivity contribution in [3.05, 3.63) is 65.0 Å². The number of ketones is 1. The Morgan fingerprint density at radius 3 is 2.32 bits per heavy atom. The molecule has 5 heteroatoms. The molecule has 0 fully saturated rings. The molecule has 0 aliphatic carbocycles. The number of rotatable bonds is 5. The van der Waals surface area contributed by atoms with E-state index < -0.39 is 11.8 Å². The molecule has 0 spiro atoms. The lowest BCUT2D eigenvalue weighted by Crippen LogP contribution is -2.08. The smallest absolute Gasteiger partial charge is 0.341 e. The van der Waals surface area contributed by atoms with Gasteiger partial charge in [-0.25, -0.2) is 9.18 Å². The second-order valence-electron chi connectivity index (χ2n) is 4.63. The van der Waals surface area contributed by atoms with E-state index in [4.69, 9.17) is 9.47 Å². The van der Waals surface area contributed by atoms with Crippen LogP contribution in [0.5, 0.6) is 5.75 Å². The summed E-state index contributed by atoms with van der Waals surface area (Å²) in [5, 5.41) is 0. The van der Waals surface area contributed by atoms with Crippen molar-refractivity contribution in [3.8, 4) is 5.75 Å². The van der Waals surface area contributed by atoms with Gasteiger partial charge in [-0.2, -0.15) is 0 Å². The molecule has 2 aromatic carbocycles. The van der Waals surface area contributed by atoms with Crippen molar-refractivity contribution in [2.75, 3.05) is 14.2 Å². The van der Waals surface area contributed by atoms with Gasteiger partial charge in [0.15, 0.2) is 5.78 Å². The molecule has 0 heterocycles. The zero-order chi connectivity index (χ0) is 16.1. The molecule has 0 aliphatic heterocycles. The molecule has 0 amide bonds. The summed E-state index contributed by atoms with van der Waals surface area (Å²) in [6.45, 7) is 0. The number of methoxy groups -OCH3 is 2. The molecule has 0 N–H and O–H groups in total. The lowest BCUT2D eigenvalue weighted by molar-refractivity contribution is 0.0596. The summed E-state index contributed by atoms with van der Waals surface area (Å²) < 4.78 is 22.7. The molecule has 0 aromatic heterocycles. The van der Waals surface area contributed by atoms with Gasteiger partial charge in [-0.05, 0) is 42.0 Å². The van der Waals surface area contributed by atoms with Gasteiger partial charge in [0.1, 0.15) is 17.1 Å². The van der Waals surface area contributed by atoms with Crippen molar-refractivity contribution in [1.82, 2.24) is 0 Å². The topological polar surface area (TPSA) is 52.6 Å². The molecule has 114 valence electrons. The van der Waals surface area contributed by atoms with Gasteiger partial charge >= 0.3 is 5.97 Å². The number of carbonyl (C=O) groups is 2. The molecular weight excluding hydrogens is 287 g/mol. The van der Waals surface area contributed by atoms with Crippen molar-refractivity contribution < 1.29 is 23.5 Å². The largest absolute Gasteiger partial charge is 0.496 e. The van der Waals surface area contributed by atoms with Gasteiger partial charge in [0.05, 0.1) is 14.2 Å². The van der Waals surface area contributed by atoms with Crippen molar-refractivity contribution in [2.24, 2.45) is 0 Å². The Morgan fingerprint density at radius 2 is 1.73 bits per heavy atom. The number of hydrogen-bond acceptors (Lipinski definition) is 4. The minimum absolute atomic E-state index is 0.0968. The summed E-state index contributed by atoms with van der Waals surface area (Å²) in [7, 11) is 2.73. The van der Waals surface area contributed by atoms with Gasteiger partial charge in [0.25, 0.3) is 0 Å². The van der Waals surface area contributed by atoms with Crippen LogP contribution in [0.3, 0.4) is 0 Å². The molecule has 2 aromatic rings. The lowest BCUT2D eigenvalue weighted by Gasteiger charge is -2.09. The zero-order valence-electron chi connectivity index (χ0n) is 12.3. The fourth-order valence-electron chi connectivity index (χ4n) is 2.06. The van der Waals surface area contributed by atoms with Crippen LogP contribution in [0.1, 0.15) is 26.3 Å². The summed E-state index contributed by atoms with van der Waals surface area (Å²) in [5.74, 6) is -0.715. The second-order valence-corrected chi connectivity index (χ2v) is 4.63. The Hall–Kier alpha value is -2.69. The van der Waals surface area contributed by atoms with E-state index in [1.807, 2.05) is 0 Å². The van der Waals surface area contributed by atoms with Crippen LogP contribution in [-0.4, -0.2) is 26.0 Å². The van der Waals surface area contributed by atoms with Crippen LogP contribution in [0.4, 0.5) is 4.39 Å². The number of Topliss-reactive ketones (excluding diaryl/α,β-unsaturated/α-hetero) is 1. The highest BCUT2D eigenvalue weighted by Crippen LogP contribution is 2.21. The molecular formula is C17H15FO4. The van der Waals surface area contributed by atoms with Crippen LogP contribution in [0.25, 0.3) is 0 Å². The SMILES string of the molecule is COC(=O)c1cc(CC(=O)c2ccc(F)cc2)ccc1OC. The van der Waals surface area contributed by atoms with Crippen molar-refractivity contribution >= 4 is 11.8 Å². The number of halogens is 1. The van der Waals surface area contributed by atoms with E-state index >= 15 is 0 Å². The predicted molar refractivity (Wildman–Crippen MR) is 78.8 cm³/mol. The number of hydrogen-bond donors (Lipinski definition) is 0. The molecule has 0 atom stereocenters. The van der Waals surface area contributed by atoms with Crippen LogP contribution in [0.15, 0.2) is 42.5 Å². The van der Waals surface area contributed by atoms with Crippen LogP contribution >= 0.6 is 0 Å². The van der Waals surface area contributed by atoms with Gasteiger partial charge in [0, 0.05) is 12.0 Å². The van der Waals surface area contributed by atoms with Crippen LogP contribution in [-0.2, 0) is 11.2 Å². The van der Waals surface area contributed by atoms with Gasteiger partial charge in [-0.3, -0.25) is 4.79 Å². The maximum Gasteiger partial charge on any atom is 0.341 e. The lowest BCUT2D eigenvalue weighted by atomic mass is 10.0. The second kappa shape index (κ2) is 6.85. The average Bonchev–Trinajstić information content (AvgIpc) is 2.54. The quantitative estimate of drug-likeness (QED) is 0.629. The van der Waals surface area contributed by atoms with Crippen LogP contribution < -0.4 is 4.74 Å². The first-order valence-electron chi connectivity index (χ1n) is 6.59. The molecule has 0 bridgehead atoms. The molecule has 0 saturated carbocycles. The Labute approximate surface area is 127 Å². The van der Waals surface area contributed by atoms with E-state index in [9.17, 15) is 14.0 Å². The highest BCUT2D eigenvalue weighted by atomic mass is 19.1. The summed E-state index contributed by atoms with van der Waals surface area (Å²) in [5.41, 5.74) is 1.32. The molecule has 22 heavy (non-hydrogen) atoms. The Balaban J connectivity index is 2.24. The number of carbonyl (C=O) groups excluding carboxylic acids is 2. The van der Waals surface area contributed by atoms with Gasteiger partial charge in [0.2, 0.25) is 0 Å². The minimum Gasteiger partial charge on any atom is -0.496 e. The summed E-state index contributed by atoms with van der Waals surface area (Å²) in [4.78, 5) is 23.9. The third-order valence-corrected chi connectivity index (χ3v) is 3.20. The minimum atomic E-state index is -0.534. The molecule has 0 saturated heterocycles.